The van der Waals surface area contributed by atoms with Crippen LogP contribution in [0, 0.1) is 0 Å². The van der Waals surface area contributed by atoms with E-state index in [4.69, 9.17) is 15.3 Å². The molecule has 0 aliphatic carbocycles. The summed E-state index contributed by atoms with van der Waals surface area (Å²) in [5.41, 5.74) is -5.61. The highest BCUT2D eigenvalue weighted by Crippen LogP contribution is 2.30. The summed E-state index contributed by atoms with van der Waals surface area (Å²) in [5, 5.41) is 35.6. The first-order valence-electron chi connectivity index (χ1n) is 4.08. The fraction of sp³-hybridized carbons (Fsp3) is 0.625. The van der Waals surface area contributed by atoms with E-state index in [9.17, 15) is 19.5 Å². The molecule has 0 rings (SSSR count). The highest BCUT2D eigenvalue weighted by molar-refractivity contribution is 5.93. The molecule has 16 heavy (non-hydrogen) atoms. The van der Waals surface area contributed by atoms with Gasteiger partial charge in [-0.3, -0.25) is 4.79 Å². The van der Waals surface area contributed by atoms with Crippen LogP contribution in [0.15, 0.2) is 0 Å². The number of carbonyl (C=O) groups is 3. The fourth-order valence-electron chi connectivity index (χ4n) is 1.20. The average molecular weight is 236 g/mol. The van der Waals surface area contributed by atoms with Crippen molar-refractivity contribution in [2.75, 3.05) is 7.11 Å². The fourth-order valence-corrected chi connectivity index (χ4v) is 1.20. The van der Waals surface area contributed by atoms with E-state index in [2.05, 4.69) is 4.74 Å². The molecule has 0 radical (unpaired) electrons. The Kier molecular flexibility index (Phi) is 3.99. The number of aliphatic hydroxyl groups is 1. The summed E-state index contributed by atoms with van der Waals surface area (Å²) in [6, 6.07) is 0. The van der Waals surface area contributed by atoms with Crippen LogP contribution in [0.5, 0.6) is 0 Å². The summed E-state index contributed by atoms with van der Waals surface area (Å²) in [6.07, 6.45) is -1.18. The van der Waals surface area contributed by atoms with E-state index in [0.717, 1.165) is 7.11 Å². The van der Waals surface area contributed by atoms with Crippen LogP contribution in [0.4, 0.5) is 0 Å². The van der Waals surface area contributed by atoms with Gasteiger partial charge in [0.15, 0.2) is 5.60 Å². The third-order valence-electron chi connectivity index (χ3n) is 2.30. The Morgan fingerprint density at radius 1 is 1.12 bits per heavy atom. The van der Waals surface area contributed by atoms with Crippen molar-refractivity contribution < 1.29 is 39.5 Å². The molecule has 0 heterocycles. The van der Waals surface area contributed by atoms with E-state index in [1.54, 1.807) is 0 Å². The summed E-state index contributed by atoms with van der Waals surface area (Å²) in [6.45, 7) is 0.663. The lowest BCUT2D eigenvalue weighted by Crippen LogP contribution is -2.64. The van der Waals surface area contributed by atoms with Gasteiger partial charge in [-0.05, 0) is 6.92 Å². The number of ether oxygens (including phenoxy) is 1. The molecule has 0 bridgehead atoms. The molecule has 8 heteroatoms. The van der Waals surface area contributed by atoms with Gasteiger partial charge in [0.2, 0.25) is 5.60 Å². The van der Waals surface area contributed by atoms with Crippen LogP contribution in [0.25, 0.3) is 0 Å². The molecule has 0 spiro atoms. The van der Waals surface area contributed by atoms with Crippen molar-refractivity contribution in [2.24, 2.45) is 0 Å². The molecular formula is C8H12O8. The number of rotatable bonds is 6. The number of carboxylic acid groups (broad SMARTS) is 3. The molecule has 0 fully saturated rings. The van der Waals surface area contributed by atoms with Gasteiger partial charge in [0.25, 0.3) is 0 Å². The molecule has 2 unspecified atom stereocenters. The minimum atomic E-state index is -2.87. The van der Waals surface area contributed by atoms with Gasteiger partial charge in [0.1, 0.15) is 0 Å². The lowest BCUT2D eigenvalue weighted by molar-refractivity contribution is -0.212. The maximum absolute atomic E-state index is 10.9. The molecule has 8 nitrogen and oxygen atoms in total. The number of hydrogen-bond donors (Lipinski definition) is 4. The van der Waals surface area contributed by atoms with Crippen molar-refractivity contribution in [3.8, 4) is 0 Å². The molecule has 0 amide bonds. The normalized spacial score (nSPS) is 18.2. The zero-order valence-electron chi connectivity index (χ0n) is 8.63. The minimum Gasteiger partial charge on any atom is -0.481 e. The van der Waals surface area contributed by atoms with Crippen molar-refractivity contribution in [1.82, 2.24) is 0 Å². The molecule has 92 valence electrons. The van der Waals surface area contributed by atoms with Gasteiger partial charge in [0.05, 0.1) is 6.42 Å². The van der Waals surface area contributed by atoms with Gasteiger partial charge in [-0.1, -0.05) is 0 Å². The third kappa shape index (κ3) is 2.12. The first-order valence-corrected chi connectivity index (χ1v) is 4.08. The monoisotopic (exact) mass is 236 g/mol. The van der Waals surface area contributed by atoms with E-state index >= 15 is 0 Å². The number of hydrogen-bond acceptors (Lipinski definition) is 5. The van der Waals surface area contributed by atoms with Crippen molar-refractivity contribution in [1.29, 1.82) is 0 Å². The average Bonchev–Trinajstić information content (AvgIpc) is 2.12. The van der Waals surface area contributed by atoms with E-state index in [1.165, 1.54) is 0 Å². The van der Waals surface area contributed by atoms with E-state index in [1.807, 2.05) is 0 Å². The SMILES string of the molecule is COC(CC(=O)O)(C(=O)O)C(C)(O)C(=O)O. The Hall–Kier alpha value is -1.67. The predicted octanol–water partition coefficient (Wildman–Crippen LogP) is -1.23. The van der Waals surface area contributed by atoms with Gasteiger partial charge >= 0.3 is 17.9 Å². The van der Waals surface area contributed by atoms with Gasteiger partial charge in [-0.2, -0.15) is 0 Å². The summed E-state index contributed by atoms with van der Waals surface area (Å²) in [5.74, 6) is -5.37. The number of methoxy groups -OCH3 is 1. The maximum atomic E-state index is 10.9. The van der Waals surface area contributed by atoms with Crippen LogP contribution >= 0.6 is 0 Å². The predicted molar refractivity (Wildman–Crippen MR) is 47.9 cm³/mol. The van der Waals surface area contributed by atoms with Gasteiger partial charge in [0, 0.05) is 7.11 Å². The number of carboxylic acids is 3. The standard InChI is InChI=1S/C8H12O8/c1-7(15,5(11)12)8(16-2,6(13)14)3-4(9)10/h15H,3H2,1-2H3,(H,9,10)(H,11,12)(H,13,14). The second-order valence-corrected chi connectivity index (χ2v) is 3.28. The van der Waals surface area contributed by atoms with Crippen LogP contribution < -0.4 is 0 Å². The largest absolute Gasteiger partial charge is 0.481 e. The van der Waals surface area contributed by atoms with Gasteiger partial charge in [-0.25, -0.2) is 9.59 Å². The van der Waals surface area contributed by atoms with Crippen LogP contribution in [0.1, 0.15) is 13.3 Å². The molecule has 0 aromatic heterocycles. The van der Waals surface area contributed by atoms with Gasteiger partial charge < -0.3 is 25.2 Å². The van der Waals surface area contributed by atoms with Crippen molar-refractivity contribution in [3.63, 3.8) is 0 Å². The zero-order valence-corrected chi connectivity index (χ0v) is 8.63. The molecular weight excluding hydrogens is 224 g/mol. The highest BCUT2D eigenvalue weighted by atomic mass is 16.5. The molecule has 0 aliphatic rings. The second kappa shape index (κ2) is 4.45. The summed E-state index contributed by atoms with van der Waals surface area (Å²) in [7, 11) is 0.814. The topological polar surface area (TPSA) is 141 Å². The van der Waals surface area contributed by atoms with Crippen LogP contribution in [-0.2, 0) is 19.1 Å². The smallest absolute Gasteiger partial charge is 0.340 e. The van der Waals surface area contributed by atoms with Gasteiger partial charge in [-0.15, -0.1) is 0 Å². The summed E-state index contributed by atoms with van der Waals surface area (Å²) >= 11 is 0. The van der Waals surface area contributed by atoms with Crippen LogP contribution in [-0.4, -0.2) is 56.6 Å². The molecule has 0 saturated heterocycles. The summed E-state index contributed by atoms with van der Waals surface area (Å²) in [4.78, 5) is 32.2. The van der Waals surface area contributed by atoms with E-state index in [-0.39, 0.29) is 0 Å². The second-order valence-electron chi connectivity index (χ2n) is 3.28. The van der Waals surface area contributed by atoms with Crippen molar-refractivity contribution in [2.45, 2.75) is 24.5 Å². The molecule has 0 aromatic carbocycles. The van der Waals surface area contributed by atoms with Crippen molar-refractivity contribution >= 4 is 17.9 Å². The molecule has 0 aromatic rings. The Balaban J connectivity index is 5.62. The van der Waals surface area contributed by atoms with E-state index < -0.39 is 35.5 Å². The number of aliphatic carboxylic acids is 3. The first kappa shape index (κ1) is 14.3. The lowest BCUT2D eigenvalue weighted by Gasteiger charge is -2.36. The van der Waals surface area contributed by atoms with Crippen LogP contribution in [0.2, 0.25) is 0 Å². The Bertz CT molecular complexity index is 320. The lowest BCUT2D eigenvalue weighted by atomic mass is 9.81. The minimum absolute atomic E-state index is 0.663. The third-order valence-corrected chi connectivity index (χ3v) is 2.30. The maximum Gasteiger partial charge on any atom is 0.340 e. The Labute approximate surface area is 90.1 Å². The molecule has 2 atom stereocenters. The molecule has 0 aliphatic heterocycles. The Morgan fingerprint density at radius 2 is 1.56 bits per heavy atom. The van der Waals surface area contributed by atoms with Crippen LogP contribution in [0.3, 0.4) is 0 Å². The van der Waals surface area contributed by atoms with E-state index in [0.29, 0.717) is 6.92 Å². The summed E-state index contributed by atoms with van der Waals surface area (Å²) < 4.78 is 4.43. The quantitative estimate of drug-likeness (QED) is 0.449. The Morgan fingerprint density at radius 3 is 1.75 bits per heavy atom. The molecule has 4 N–H and O–H groups in total. The first-order chi connectivity index (χ1) is 7.11. The zero-order chi connectivity index (χ0) is 13.1. The van der Waals surface area contributed by atoms with Crippen molar-refractivity contribution in [3.05, 3.63) is 0 Å². The highest BCUT2D eigenvalue weighted by Gasteiger charge is 2.60. The molecule has 0 saturated carbocycles.